The Morgan fingerprint density at radius 1 is 0.438 bits per heavy atom. The van der Waals surface area contributed by atoms with Gasteiger partial charge in [-0.15, -0.1) is 0 Å². The Bertz CT molecular complexity index is 1530. The lowest BCUT2D eigenvalue weighted by Gasteiger charge is -2.18. The smallest absolute Gasteiger partial charge is 0.00262 e. The number of benzene rings is 6. The molecule has 0 bridgehead atoms. The van der Waals surface area contributed by atoms with Crippen molar-refractivity contribution in [2.75, 3.05) is 0 Å². The minimum Gasteiger partial charge on any atom is -0.0616 e. The molecule has 0 N–H and O–H groups in total. The Balaban J connectivity index is 1.73. The summed E-state index contributed by atoms with van der Waals surface area (Å²) in [6.07, 6.45) is 1.06. The van der Waals surface area contributed by atoms with Gasteiger partial charge in [-0.1, -0.05) is 116 Å². The highest BCUT2D eigenvalue weighted by Gasteiger charge is 2.16. The molecule has 0 heteroatoms. The summed E-state index contributed by atoms with van der Waals surface area (Å²) in [6, 6.07) is 42.3. The van der Waals surface area contributed by atoms with Crippen LogP contribution in [-0.2, 0) is 6.42 Å². The zero-order chi connectivity index (χ0) is 21.5. The molecule has 0 amide bonds. The van der Waals surface area contributed by atoms with Crippen molar-refractivity contribution in [3.05, 3.63) is 121 Å². The lowest BCUT2D eigenvalue weighted by molar-refractivity contribution is 1.14. The molecule has 0 aliphatic carbocycles. The van der Waals surface area contributed by atoms with Gasteiger partial charge in [0.25, 0.3) is 0 Å². The van der Waals surface area contributed by atoms with Crippen molar-refractivity contribution in [3.63, 3.8) is 0 Å². The van der Waals surface area contributed by atoms with E-state index in [9.17, 15) is 0 Å². The molecule has 0 nitrogen and oxygen atoms in total. The van der Waals surface area contributed by atoms with E-state index in [4.69, 9.17) is 0 Å². The molecule has 0 radical (unpaired) electrons. The van der Waals surface area contributed by atoms with Crippen molar-refractivity contribution in [2.24, 2.45) is 0 Å². The number of aryl methyl sites for hydroxylation is 1. The molecule has 0 aliphatic rings. The van der Waals surface area contributed by atoms with Gasteiger partial charge < -0.3 is 0 Å². The van der Waals surface area contributed by atoms with Gasteiger partial charge in [-0.2, -0.15) is 0 Å². The van der Waals surface area contributed by atoms with Gasteiger partial charge in [0, 0.05) is 0 Å². The van der Waals surface area contributed by atoms with Crippen LogP contribution in [0.4, 0.5) is 0 Å². The first-order chi connectivity index (χ1) is 15.8. The van der Waals surface area contributed by atoms with Gasteiger partial charge in [-0.3, -0.25) is 0 Å². The highest BCUT2D eigenvalue weighted by atomic mass is 14.2. The van der Waals surface area contributed by atoms with Crippen LogP contribution in [-0.4, -0.2) is 0 Å². The van der Waals surface area contributed by atoms with Crippen molar-refractivity contribution < 1.29 is 0 Å². The van der Waals surface area contributed by atoms with Crippen LogP contribution >= 0.6 is 0 Å². The van der Waals surface area contributed by atoms with Gasteiger partial charge in [-0.05, 0) is 72.6 Å². The third kappa shape index (κ3) is 2.99. The van der Waals surface area contributed by atoms with E-state index in [1.54, 1.807) is 0 Å². The maximum absolute atomic E-state index is 2.33. The molecule has 0 aromatic heterocycles. The lowest BCUT2D eigenvalue weighted by atomic mass is 9.85. The molecule has 0 atom stereocenters. The molecular weight excluding hydrogens is 384 g/mol. The minimum absolute atomic E-state index is 1.06. The Morgan fingerprint density at radius 3 is 1.47 bits per heavy atom. The maximum atomic E-state index is 2.33. The van der Waals surface area contributed by atoms with Crippen LogP contribution in [0.1, 0.15) is 12.5 Å². The Labute approximate surface area is 188 Å². The molecule has 6 aromatic carbocycles. The summed E-state index contributed by atoms with van der Waals surface area (Å²) in [5.41, 5.74) is 6.55. The highest BCUT2D eigenvalue weighted by Crippen LogP contribution is 2.43. The first-order valence-corrected chi connectivity index (χ1v) is 11.4. The maximum Gasteiger partial charge on any atom is -0.00262 e. The Kier molecular flexibility index (Phi) is 4.51. The number of rotatable bonds is 3. The van der Waals surface area contributed by atoms with Gasteiger partial charge in [0.15, 0.2) is 0 Å². The molecule has 0 fully saturated rings. The van der Waals surface area contributed by atoms with Crippen molar-refractivity contribution in [1.82, 2.24) is 0 Å². The summed E-state index contributed by atoms with van der Waals surface area (Å²) in [4.78, 5) is 0. The van der Waals surface area contributed by atoms with E-state index in [0.717, 1.165) is 6.42 Å². The van der Waals surface area contributed by atoms with Crippen LogP contribution in [0.25, 0.3) is 54.6 Å². The molecule has 6 rings (SSSR count). The van der Waals surface area contributed by atoms with Crippen LogP contribution in [0, 0.1) is 0 Å². The van der Waals surface area contributed by atoms with E-state index in [-0.39, 0.29) is 0 Å². The van der Waals surface area contributed by atoms with Crippen LogP contribution in [0.3, 0.4) is 0 Å². The summed E-state index contributed by atoms with van der Waals surface area (Å²) in [5, 5.41) is 7.76. The van der Waals surface area contributed by atoms with Gasteiger partial charge in [0.05, 0.1) is 0 Å². The van der Waals surface area contributed by atoms with Gasteiger partial charge >= 0.3 is 0 Å². The summed E-state index contributed by atoms with van der Waals surface area (Å²) in [5.74, 6) is 0. The zero-order valence-electron chi connectivity index (χ0n) is 18.2. The van der Waals surface area contributed by atoms with E-state index in [0.29, 0.717) is 0 Å². The van der Waals surface area contributed by atoms with Crippen LogP contribution in [0.15, 0.2) is 115 Å². The van der Waals surface area contributed by atoms with E-state index in [2.05, 4.69) is 122 Å². The number of hydrogen-bond donors (Lipinski definition) is 0. The second kappa shape index (κ2) is 7.66. The molecule has 0 unspecified atom stereocenters. The molecule has 0 spiro atoms. The molecule has 0 saturated carbocycles. The molecule has 6 aromatic rings. The molecule has 0 heterocycles. The molecular formula is C32H24. The van der Waals surface area contributed by atoms with Crippen molar-refractivity contribution in [1.29, 1.82) is 0 Å². The first-order valence-electron chi connectivity index (χ1n) is 11.4. The third-order valence-electron chi connectivity index (χ3n) is 6.62. The lowest BCUT2D eigenvalue weighted by Crippen LogP contribution is -1.91. The van der Waals surface area contributed by atoms with Crippen LogP contribution in [0.2, 0.25) is 0 Å². The standard InChI is InChI=1S/C32H24/c1-2-22-15-17-24(18-16-22)31-27-11-5-7-13-29(27)32(30-14-8-6-12-28(30)31)26-20-19-23-9-3-4-10-25(23)21-26/h3-21H,2H2,1H3. The third-order valence-corrected chi connectivity index (χ3v) is 6.62. The second-order valence-corrected chi connectivity index (χ2v) is 8.45. The average molecular weight is 409 g/mol. The molecule has 32 heavy (non-hydrogen) atoms. The topological polar surface area (TPSA) is 0 Å². The van der Waals surface area contributed by atoms with E-state index in [1.165, 1.54) is 60.1 Å². The zero-order valence-corrected chi connectivity index (χ0v) is 18.2. The average Bonchev–Trinajstić information content (AvgIpc) is 2.87. The largest absolute Gasteiger partial charge is 0.0616 e. The van der Waals surface area contributed by atoms with E-state index in [1.807, 2.05) is 0 Å². The number of fused-ring (bicyclic) bond motifs is 3. The Morgan fingerprint density at radius 2 is 0.906 bits per heavy atom. The fourth-order valence-corrected chi connectivity index (χ4v) is 5.00. The van der Waals surface area contributed by atoms with E-state index < -0.39 is 0 Å². The van der Waals surface area contributed by atoms with Crippen LogP contribution < -0.4 is 0 Å². The minimum atomic E-state index is 1.06. The summed E-state index contributed by atoms with van der Waals surface area (Å²) >= 11 is 0. The molecule has 152 valence electrons. The highest BCUT2D eigenvalue weighted by molar-refractivity contribution is 6.21. The SMILES string of the molecule is CCc1ccc(-c2c3ccccc3c(-c3ccc4ccccc4c3)c3ccccc23)cc1. The number of hydrogen-bond acceptors (Lipinski definition) is 0. The van der Waals surface area contributed by atoms with Gasteiger partial charge in [-0.25, -0.2) is 0 Å². The van der Waals surface area contributed by atoms with Crippen molar-refractivity contribution >= 4 is 32.3 Å². The van der Waals surface area contributed by atoms with Crippen molar-refractivity contribution in [3.8, 4) is 22.3 Å². The summed E-state index contributed by atoms with van der Waals surface area (Å²) < 4.78 is 0. The summed E-state index contributed by atoms with van der Waals surface area (Å²) in [6.45, 7) is 2.21. The monoisotopic (exact) mass is 408 g/mol. The van der Waals surface area contributed by atoms with Crippen molar-refractivity contribution in [2.45, 2.75) is 13.3 Å². The van der Waals surface area contributed by atoms with E-state index >= 15 is 0 Å². The Hall–Kier alpha value is -3.90. The fourth-order valence-electron chi connectivity index (χ4n) is 5.00. The summed E-state index contributed by atoms with van der Waals surface area (Å²) in [7, 11) is 0. The second-order valence-electron chi connectivity index (χ2n) is 8.45. The normalized spacial score (nSPS) is 11.4. The quantitative estimate of drug-likeness (QED) is 0.256. The van der Waals surface area contributed by atoms with Crippen LogP contribution in [0.5, 0.6) is 0 Å². The molecule has 0 aliphatic heterocycles. The van der Waals surface area contributed by atoms with Gasteiger partial charge in [0.2, 0.25) is 0 Å². The molecule has 0 saturated heterocycles. The predicted octanol–water partition coefficient (Wildman–Crippen LogP) is 9.04. The predicted molar refractivity (Wildman–Crippen MR) is 139 cm³/mol. The fraction of sp³-hybridized carbons (Fsp3) is 0.0625. The first kappa shape index (κ1) is 18.8. The van der Waals surface area contributed by atoms with Gasteiger partial charge in [0.1, 0.15) is 0 Å².